The number of nitriles is 1. The lowest BCUT2D eigenvalue weighted by Crippen LogP contribution is -2.04. The Morgan fingerprint density at radius 3 is 2.19 bits per heavy atom. The second-order valence-electron chi connectivity index (χ2n) is 5.54. The normalized spacial score (nSPS) is 10.7. The molecule has 4 heteroatoms. The van der Waals surface area contributed by atoms with Gasteiger partial charge < -0.3 is 4.74 Å². The van der Waals surface area contributed by atoms with Crippen molar-refractivity contribution in [2.75, 3.05) is 0 Å². The molecule has 1 aromatic heterocycles. The Bertz CT molecular complexity index is 628. The van der Waals surface area contributed by atoms with Gasteiger partial charge in [0.2, 0.25) is 5.88 Å². The third kappa shape index (κ3) is 3.79. The fourth-order valence-corrected chi connectivity index (χ4v) is 1.79. The van der Waals surface area contributed by atoms with Crippen LogP contribution in [0.1, 0.15) is 56.6 Å². The molecule has 0 aliphatic heterocycles. The number of nitrogens with zero attached hydrogens (tertiary/aromatic N) is 3. The second kappa shape index (κ2) is 6.36. The number of hydrogen-bond donors (Lipinski definition) is 0. The first kappa shape index (κ1) is 15.0. The Morgan fingerprint density at radius 2 is 1.67 bits per heavy atom. The average molecular weight is 281 g/mol. The van der Waals surface area contributed by atoms with Gasteiger partial charge in [0.25, 0.3) is 0 Å². The van der Waals surface area contributed by atoms with Gasteiger partial charge in [-0.2, -0.15) is 10.2 Å². The van der Waals surface area contributed by atoms with Crippen molar-refractivity contribution in [3.8, 4) is 17.7 Å². The quantitative estimate of drug-likeness (QED) is 0.834. The van der Waals surface area contributed by atoms with Crippen LogP contribution in [0.5, 0.6) is 11.6 Å². The summed E-state index contributed by atoms with van der Waals surface area (Å²) in [7, 11) is 0. The minimum Gasteiger partial charge on any atom is -0.439 e. The van der Waals surface area contributed by atoms with Crippen LogP contribution in [0.15, 0.2) is 30.3 Å². The SMILES string of the molecule is CC(C)c1cc(Oc2ccc(C#N)cc2)nc(C(C)C)n1. The third-order valence-electron chi connectivity index (χ3n) is 3.05. The molecule has 0 spiro atoms. The lowest BCUT2D eigenvalue weighted by Gasteiger charge is -2.12. The summed E-state index contributed by atoms with van der Waals surface area (Å²) in [5, 5.41) is 8.80. The van der Waals surface area contributed by atoms with E-state index in [0.717, 1.165) is 11.5 Å². The Balaban J connectivity index is 2.31. The van der Waals surface area contributed by atoms with Crippen LogP contribution >= 0.6 is 0 Å². The highest BCUT2D eigenvalue weighted by molar-refractivity contribution is 5.36. The summed E-state index contributed by atoms with van der Waals surface area (Å²) in [6, 6.07) is 10.9. The van der Waals surface area contributed by atoms with E-state index in [-0.39, 0.29) is 5.92 Å². The number of aromatic nitrogens is 2. The first-order chi connectivity index (χ1) is 9.99. The highest BCUT2D eigenvalue weighted by Gasteiger charge is 2.11. The molecule has 0 fully saturated rings. The zero-order valence-electron chi connectivity index (χ0n) is 12.8. The minimum absolute atomic E-state index is 0.243. The van der Waals surface area contributed by atoms with Crippen molar-refractivity contribution < 1.29 is 4.74 Å². The molecule has 1 heterocycles. The third-order valence-corrected chi connectivity index (χ3v) is 3.05. The monoisotopic (exact) mass is 281 g/mol. The lowest BCUT2D eigenvalue weighted by atomic mass is 10.1. The van der Waals surface area contributed by atoms with Crippen molar-refractivity contribution >= 4 is 0 Å². The van der Waals surface area contributed by atoms with Gasteiger partial charge in [0.05, 0.1) is 17.3 Å². The van der Waals surface area contributed by atoms with E-state index in [2.05, 4.69) is 43.7 Å². The van der Waals surface area contributed by atoms with Crippen LogP contribution in [0.4, 0.5) is 0 Å². The molecule has 0 saturated heterocycles. The Kier molecular flexibility index (Phi) is 4.54. The molecular weight excluding hydrogens is 262 g/mol. The van der Waals surface area contributed by atoms with Gasteiger partial charge in [-0.15, -0.1) is 0 Å². The summed E-state index contributed by atoms with van der Waals surface area (Å²) >= 11 is 0. The Morgan fingerprint density at radius 1 is 1.00 bits per heavy atom. The highest BCUT2D eigenvalue weighted by Crippen LogP contribution is 2.25. The van der Waals surface area contributed by atoms with E-state index in [1.54, 1.807) is 24.3 Å². The molecule has 108 valence electrons. The maximum Gasteiger partial charge on any atom is 0.222 e. The van der Waals surface area contributed by atoms with Crippen molar-refractivity contribution in [1.29, 1.82) is 5.26 Å². The van der Waals surface area contributed by atoms with Crippen molar-refractivity contribution in [1.82, 2.24) is 9.97 Å². The maximum atomic E-state index is 8.80. The molecule has 0 N–H and O–H groups in total. The van der Waals surface area contributed by atoms with E-state index < -0.39 is 0 Å². The van der Waals surface area contributed by atoms with Crippen molar-refractivity contribution in [2.24, 2.45) is 0 Å². The van der Waals surface area contributed by atoms with Crippen LogP contribution in [0.3, 0.4) is 0 Å². The molecule has 21 heavy (non-hydrogen) atoms. The number of ether oxygens (including phenoxy) is 1. The van der Waals surface area contributed by atoms with Crippen molar-refractivity contribution in [2.45, 2.75) is 39.5 Å². The van der Waals surface area contributed by atoms with Crippen molar-refractivity contribution in [3.05, 3.63) is 47.4 Å². The van der Waals surface area contributed by atoms with Crippen LogP contribution < -0.4 is 4.74 Å². The first-order valence-corrected chi connectivity index (χ1v) is 7.06. The van der Waals surface area contributed by atoms with E-state index in [9.17, 15) is 0 Å². The molecule has 0 aliphatic carbocycles. The lowest BCUT2D eigenvalue weighted by molar-refractivity contribution is 0.454. The number of rotatable bonds is 4. The molecule has 0 bridgehead atoms. The Labute approximate surface area is 125 Å². The topological polar surface area (TPSA) is 58.8 Å². The summed E-state index contributed by atoms with van der Waals surface area (Å²) in [4.78, 5) is 9.02. The van der Waals surface area contributed by atoms with Gasteiger partial charge in [0.1, 0.15) is 11.6 Å². The number of benzene rings is 1. The van der Waals surface area contributed by atoms with E-state index in [4.69, 9.17) is 10.00 Å². The van der Waals surface area contributed by atoms with Gasteiger partial charge in [-0.05, 0) is 30.2 Å². The molecule has 2 aromatic rings. The molecule has 0 amide bonds. The fraction of sp³-hybridized carbons (Fsp3) is 0.353. The fourth-order valence-electron chi connectivity index (χ4n) is 1.79. The van der Waals surface area contributed by atoms with Crippen LogP contribution in [-0.4, -0.2) is 9.97 Å². The molecule has 0 saturated carbocycles. The standard InChI is InChI=1S/C17H19N3O/c1-11(2)15-9-16(20-17(19-15)12(3)4)21-14-7-5-13(10-18)6-8-14/h5-9,11-12H,1-4H3. The van der Waals surface area contributed by atoms with Gasteiger partial charge >= 0.3 is 0 Å². The molecular formula is C17H19N3O. The van der Waals surface area contributed by atoms with E-state index in [1.165, 1.54) is 0 Å². The molecule has 2 rings (SSSR count). The molecule has 1 aromatic carbocycles. The summed E-state index contributed by atoms with van der Waals surface area (Å²) in [6.45, 7) is 8.31. The van der Waals surface area contributed by atoms with E-state index >= 15 is 0 Å². The van der Waals surface area contributed by atoms with Crippen LogP contribution in [-0.2, 0) is 0 Å². The smallest absolute Gasteiger partial charge is 0.222 e. The van der Waals surface area contributed by atoms with Gasteiger partial charge in [0.15, 0.2) is 0 Å². The molecule has 0 unspecified atom stereocenters. The van der Waals surface area contributed by atoms with E-state index in [0.29, 0.717) is 23.1 Å². The Hall–Kier alpha value is -2.41. The molecule has 0 aliphatic rings. The predicted octanol–water partition coefficient (Wildman–Crippen LogP) is 4.39. The van der Waals surface area contributed by atoms with Gasteiger partial charge in [-0.1, -0.05) is 27.7 Å². The summed E-state index contributed by atoms with van der Waals surface area (Å²) in [5.74, 6) is 2.55. The van der Waals surface area contributed by atoms with Crippen LogP contribution in [0, 0.1) is 11.3 Å². The second-order valence-corrected chi connectivity index (χ2v) is 5.54. The molecule has 0 radical (unpaired) electrons. The maximum absolute atomic E-state index is 8.80. The molecule has 0 atom stereocenters. The van der Waals surface area contributed by atoms with Gasteiger partial charge in [0, 0.05) is 12.0 Å². The van der Waals surface area contributed by atoms with Gasteiger partial charge in [-0.3, -0.25) is 0 Å². The largest absolute Gasteiger partial charge is 0.439 e. The summed E-state index contributed by atoms with van der Waals surface area (Å²) in [6.07, 6.45) is 0. The minimum atomic E-state index is 0.243. The highest BCUT2D eigenvalue weighted by atomic mass is 16.5. The summed E-state index contributed by atoms with van der Waals surface area (Å²) < 4.78 is 5.80. The van der Waals surface area contributed by atoms with Crippen LogP contribution in [0.25, 0.3) is 0 Å². The van der Waals surface area contributed by atoms with Crippen LogP contribution in [0.2, 0.25) is 0 Å². The average Bonchev–Trinajstić information content (AvgIpc) is 2.47. The number of hydrogen-bond acceptors (Lipinski definition) is 4. The summed E-state index contributed by atoms with van der Waals surface area (Å²) in [5.41, 5.74) is 1.58. The van der Waals surface area contributed by atoms with Crippen molar-refractivity contribution in [3.63, 3.8) is 0 Å². The first-order valence-electron chi connectivity index (χ1n) is 7.06. The predicted molar refractivity (Wildman–Crippen MR) is 81.4 cm³/mol. The zero-order valence-corrected chi connectivity index (χ0v) is 12.8. The molecule has 4 nitrogen and oxygen atoms in total. The van der Waals surface area contributed by atoms with E-state index in [1.807, 2.05) is 6.07 Å². The van der Waals surface area contributed by atoms with Gasteiger partial charge in [-0.25, -0.2) is 4.98 Å². The zero-order chi connectivity index (χ0) is 15.4.